The fourth-order valence-corrected chi connectivity index (χ4v) is 4.95. The van der Waals surface area contributed by atoms with Crippen LogP contribution in [0.1, 0.15) is 88.2 Å². The highest BCUT2D eigenvalue weighted by Crippen LogP contribution is 2.40. The predicted molar refractivity (Wildman–Crippen MR) is 121 cm³/mol. The summed E-state index contributed by atoms with van der Waals surface area (Å²) in [6, 6.07) is -0.977. The minimum atomic E-state index is -0.754. The quantitative estimate of drug-likeness (QED) is 0.623. The molecule has 0 spiro atoms. The summed E-state index contributed by atoms with van der Waals surface area (Å²) in [5, 5.41) is 30.2. The number of nitrogens with zero attached hydrogens (tertiary/aromatic N) is 7. The molecule has 3 atom stereocenters. The number of aliphatic hydroxyl groups is 1. The molecule has 3 fully saturated rings. The van der Waals surface area contributed by atoms with Crippen molar-refractivity contribution in [3.63, 3.8) is 0 Å². The number of rotatable bonds is 7. The largest absolute Gasteiger partial charge is 0.391 e. The van der Waals surface area contributed by atoms with Gasteiger partial charge in [-0.3, -0.25) is 9.59 Å². The van der Waals surface area contributed by atoms with Crippen LogP contribution in [-0.4, -0.2) is 70.3 Å². The molecule has 2 aromatic heterocycles. The second-order valence-electron chi connectivity index (χ2n) is 11.0. The van der Waals surface area contributed by atoms with E-state index in [0.29, 0.717) is 17.8 Å². The topological polar surface area (TPSA) is 131 Å². The van der Waals surface area contributed by atoms with E-state index < -0.39 is 23.6 Å². The fraction of sp³-hybridized carbons (Fsp3) is 0.739. The van der Waals surface area contributed by atoms with E-state index >= 15 is 0 Å². The van der Waals surface area contributed by atoms with Crippen LogP contribution in [0.4, 0.5) is 0 Å². The van der Waals surface area contributed by atoms with Crippen LogP contribution in [0.15, 0.2) is 6.20 Å². The predicted octanol–water partition coefficient (Wildman–Crippen LogP) is 1.26. The Morgan fingerprint density at radius 3 is 2.56 bits per heavy atom. The Hall–Kier alpha value is -2.82. The van der Waals surface area contributed by atoms with E-state index in [0.717, 1.165) is 37.2 Å². The average Bonchev–Trinajstić information content (AvgIpc) is 3.68. The van der Waals surface area contributed by atoms with E-state index in [4.69, 9.17) is 0 Å². The van der Waals surface area contributed by atoms with Crippen LogP contribution < -0.4 is 5.32 Å². The molecule has 11 nitrogen and oxygen atoms in total. The Bertz CT molecular complexity index is 1080. The number of hydrogen-bond donors (Lipinski definition) is 2. The van der Waals surface area contributed by atoms with Gasteiger partial charge in [-0.2, -0.15) is 0 Å². The number of carbonyl (C=O) groups excluding carboxylic acids is 2. The summed E-state index contributed by atoms with van der Waals surface area (Å²) in [7, 11) is 0. The number of likely N-dealkylation sites (tertiary alicyclic amines) is 1. The van der Waals surface area contributed by atoms with Gasteiger partial charge in [0.1, 0.15) is 17.9 Å². The molecule has 2 amide bonds. The van der Waals surface area contributed by atoms with Gasteiger partial charge < -0.3 is 19.9 Å². The van der Waals surface area contributed by atoms with Crippen molar-refractivity contribution >= 4 is 11.8 Å². The van der Waals surface area contributed by atoms with Crippen molar-refractivity contribution in [1.29, 1.82) is 0 Å². The first-order chi connectivity index (χ1) is 16.1. The normalized spacial score (nSPS) is 23.9. The fourth-order valence-electron chi connectivity index (χ4n) is 4.95. The van der Waals surface area contributed by atoms with Gasteiger partial charge in [-0.15, -0.1) is 15.3 Å². The smallest absolute Gasteiger partial charge is 0.248 e. The standard InChI is InChI=1S/C23H34N8O3/c1-13-25-27-19(31(13)15-7-8-15)10-24-21(33)18-9-16(32)11-29(18)22(34)20(23(2,3)4)30-12-17(26-28-30)14-5-6-14/h12,14-16,18,20,32H,5-11H2,1-4H3,(H,24,33)/t16?,18?,20-/m1/s1. The van der Waals surface area contributed by atoms with Gasteiger partial charge in [-0.05, 0) is 38.0 Å². The summed E-state index contributed by atoms with van der Waals surface area (Å²) in [4.78, 5) is 28.5. The molecule has 2 unspecified atom stereocenters. The lowest BCUT2D eigenvalue weighted by Crippen LogP contribution is -2.50. The monoisotopic (exact) mass is 470 g/mol. The summed E-state index contributed by atoms with van der Waals surface area (Å²) in [6.07, 6.45) is 5.69. The van der Waals surface area contributed by atoms with Gasteiger partial charge in [0, 0.05) is 31.1 Å². The molecule has 1 saturated heterocycles. The van der Waals surface area contributed by atoms with Crippen LogP contribution in [0, 0.1) is 12.3 Å². The molecule has 0 radical (unpaired) electrons. The van der Waals surface area contributed by atoms with Crippen LogP contribution in [-0.2, 0) is 16.1 Å². The molecule has 3 heterocycles. The minimum absolute atomic E-state index is 0.116. The molecular formula is C23H34N8O3. The molecule has 11 heteroatoms. The van der Waals surface area contributed by atoms with Gasteiger partial charge in [-0.1, -0.05) is 26.0 Å². The Kier molecular flexibility index (Phi) is 5.70. The van der Waals surface area contributed by atoms with E-state index in [1.54, 1.807) is 4.68 Å². The summed E-state index contributed by atoms with van der Waals surface area (Å²) in [5.74, 6) is 1.46. The molecule has 2 aromatic rings. The molecule has 0 bridgehead atoms. The lowest BCUT2D eigenvalue weighted by Gasteiger charge is -2.34. The lowest BCUT2D eigenvalue weighted by molar-refractivity contribution is -0.144. The van der Waals surface area contributed by atoms with E-state index in [1.807, 2.05) is 33.9 Å². The number of β-amino-alcohol motifs (C(OH)–C–C–N with tert-alkyl or cyclic N) is 1. The van der Waals surface area contributed by atoms with Crippen molar-refractivity contribution in [2.24, 2.45) is 5.41 Å². The first kappa shape index (κ1) is 22.9. The third kappa shape index (κ3) is 4.45. The lowest BCUT2D eigenvalue weighted by atomic mass is 9.85. The molecule has 5 rings (SSSR count). The zero-order chi connectivity index (χ0) is 24.2. The number of hydrogen-bond acceptors (Lipinski definition) is 7. The third-order valence-electron chi connectivity index (χ3n) is 6.98. The van der Waals surface area contributed by atoms with Crippen LogP contribution in [0.5, 0.6) is 0 Å². The molecule has 2 N–H and O–H groups in total. The van der Waals surface area contributed by atoms with Gasteiger partial charge in [0.2, 0.25) is 11.8 Å². The van der Waals surface area contributed by atoms with E-state index in [2.05, 4.69) is 30.4 Å². The number of aromatic nitrogens is 6. The first-order valence-electron chi connectivity index (χ1n) is 12.2. The van der Waals surface area contributed by atoms with Crippen LogP contribution in [0.3, 0.4) is 0 Å². The van der Waals surface area contributed by atoms with Crippen molar-refractivity contribution in [2.45, 2.75) is 96.5 Å². The number of carbonyl (C=O) groups is 2. The minimum Gasteiger partial charge on any atom is -0.391 e. The zero-order valence-electron chi connectivity index (χ0n) is 20.3. The van der Waals surface area contributed by atoms with Gasteiger partial charge in [0.05, 0.1) is 18.3 Å². The van der Waals surface area contributed by atoms with Crippen molar-refractivity contribution in [1.82, 2.24) is 40.0 Å². The van der Waals surface area contributed by atoms with E-state index in [9.17, 15) is 14.7 Å². The van der Waals surface area contributed by atoms with Gasteiger partial charge in [0.15, 0.2) is 5.82 Å². The SMILES string of the molecule is Cc1nnc(CNC(=O)C2CC(O)CN2C(=O)[C@@H](n2cc(C3CC3)nn2)C(C)(C)C)n1C1CC1. The van der Waals surface area contributed by atoms with Crippen molar-refractivity contribution < 1.29 is 14.7 Å². The number of aryl methyl sites for hydroxylation is 1. The van der Waals surface area contributed by atoms with Crippen molar-refractivity contribution in [3.8, 4) is 0 Å². The van der Waals surface area contributed by atoms with E-state index in [-0.39, 0.29) is 31.3 Å². The summed E-state index contributed by atoms with van der Waals surface area (Å²) < 4.78 is 3.71. The van der Waals surface area contributed by atoms with Crippen LogP contribution >= 0.6 is 0 Å². The van der Waals surface area contributed by atoms with Crippen molar-refractivity contribution in [2.75, 3.05) is 6.54 Å². The Morgan fingerprint density at radius 1 is 1.18 bits per heavy atom. The van der Waals surface area contributed by atoms with Gasteiger partial charge >= 0.3 is 0 Å². The van der Waals surface area contributed by atoms with Gasteiger partial charge in [0.25, 0.3) is 0 Å². The highest BCUT2D eigenvalue weighted by molar-refractivity contribution is 5.90. The second-order valence-corrected chi connectivity index (χ2v) is 11.0. The highest BCUT2D eigenvalue weighted by atomic mass is 16.3. The summed E-state index contributed by atoms with van der Waals surface area (Å²) in [6.45, 7) is 8.19. The molecular weight excluding hydrogens is 436 g/mol. The first-order valence-corrected chi connectivity index (χ1v) is 12.2. The Balaban J connectivity index is 1.32. The average molecular weight is 471 g/mol. The molecule has 0 aromatic carbocycles. The maximum absolute atomic E-state index is 13.8. The number of amides is 2. The molecule has 3 aliphatic rings. The number of nitrogens with one attached hydrogen (secondary N) is 1. The van der Waals surface area contributed by atoms with Crippen LogP contribution in [0.25, 0.3) is 0 Å². The molecule has 2 saturated carbocycles. The Labute approximate surface area is 198 Å². The molecule has 2 aliphatic carbocycles. The maximum Gasteiger partial charge on any atom is 0.248 e. The molecule has 184 valence electrons. The maximum atomic E-state index is 13.8. The molecule has 1 aliphatic heterocycles. The van der Waals surface area contributed by atoms with E-state index in [1.165, 1.54) is 4.90 Å². The third-order valence-corrected chi connectivity index (χ3v) is 6.98. The number of aliphatic hydroxyl groups excluding tert-OH is 1. The van der Waals surface area contributed by atoms with Crippen LogP contribution in [0.2, 0.25) is 0 Å². The highest BCUT2D eigenvalue weighted by Gasteiger charge is 2.45. The molecule has 34 heavy (non-hydrogen) atoms. The summed E-state index contributed by atoms with van der Waals surface area (Å²) >= 11 is 0. The zero-order valence-corrected chi connectivity index (χ0v) is 20.3. The van der Waals surface area contributed by atoms with Gasteiger partial charge in [-0.25, -0.2) is 4.68 Å². The second kappa shape index (κ2) is 8.44. The summed E-state index contributed by atoms with van der Waals surface area (Å²) in [5.41, 5.74) is 0.450. The van der Waals surface area contributed by atoms with Crippen molar-refractivity contribution in [3.05, 3.63) is 23.5 Å². The Morgan fingerprint density at radius 2 is 1.91 bits per heavy atom.